The van der Waals surface area contributed by atoms with Gasteiger partial charge < -0.3 is 26.0 Å². The van der Waals surface area contributed by atoms with E-state index >= 15 is 0 Å². The van der Waals surface area contributed by atoms with Crippen LogP contribution >= 0.6 is 0 Å². The normalized spacial score (nSPS) is 13.0. The molecular weight excluding hydrogens is 513 g/mol. The van der Waals surface area contributed by atoms with E-state index in [0.717, 1.165) is 0 Å². The minimum absolute atomic E-state index is 0.0310. The minimum atomic E-state index is -4.01. The van der Waals surface area contributed by atoms with Gasteiger partial charge in [-0.15, -0.1) is 12.3 Å². The SMILES string of the molecule is C#CCCCOS(=O)(=O)c1cccc(C(=O)NCCCNC(=O)CCC(=O)NC2=CCCC(B(O)O)=C2)c1. The molecule has 13 heteroatoms. The molecule has 1 aromatic rings. The second-order valence-corrected chi connectivity index (χ2v) is 10.0. The third kappa shape index (κ3) is 10.9. The summed E-state index contributed by atoms with van der Waals surface area (Å²) in [5.41, 5.74) is 1.03. The number of hydrogen-bond donors (Lipinski definition) is 5. The van der Waals surface area contributed by atoms with Crippen LogP contribution in [0.2, 0.25) is 0 Å². The molecule has 0 spiro atoms. The minimum Gasteiger partial charge on any atom is -0.423 e. The van der Waals surface area contributed by atoms with E-state index in [-0.39, 0.29) is 54.8 Å². The quantitative estimate of drug-likeness (QED) is 0.0921. The predicted molar refractivity (Wildman–Crippen MR) is 141 cm³/mol. The lowest BCUT2D eigenvalue weighted by Crippen LogP contribution is -2.31. The fourth-order valence-corrected chi connectivity index (χ4v) is 4.37. The number of rotatable bonds is 15. The molecule has 0 fully saturated rings. The van der Waals surface area contributed by atoms with E-state index in [1.165, 1.54) is 30.3 Å². The van der Waals surface area contributed by atoms with Crippen molar-refractivity contribution in [2.24, 2.45) is 0 Å². The van der Waals surface area contributed by atoms with E-state index in [4.69, 9.17) is 10.6 Å². The third-order valence-corrected chi connectivity index (χ3v) is 6.69. The van der Waals surface area contributed by atoms with Gasteiger partial charge in [-0.2, -0.15) is 8.42 Å². The molecule has 0 saturated carbocycles. The van der Waals surface area contributed by atoms with Crippen LogP contribution in [0.3, 0.4) is 0 Å². The first-order valence-electron chi connectivity index (χ1n) is 12.2. The summed E-state index contributed by atoms with van der Waals surface area (Å²) >= 11 is 0. The number of allylic oxidation sites excluding steroid dienone is 3. The maximum Gasteiger partial charge on any atom is 0.484 e. The van der Waals surface area contributed by atoms with Gasteiger partial charge in [-0.3, -0.25) is 18.6 Å². The summed E-state index contributed by atoms with van der Waals surface area (Å²) in [4.78, 5) is 36.3. The molecule has 0 bridgehead atoms. The van der Waals surface area contributed by atoms with Gasteiger partial charge in [0.05, 0.1) is 11.5 Å². The van der Waals surface area contributed by atoms with Crippen LogP contribution in [0, 0.1) is 12.3 Å². The first kappa shape index (κ1) is 30.8. The van der Waals surface area contributed by atoms with Crippen molar-refractivity contribution in [3.05, 3.63) is 53.2 Å². The predicted octanol–water partition coefficient (Wildman–Crippen LogP) is 0.554. The molecule has 0 atom stereocenters. The van der Waals surface area contributed by atoms with E-state index in [9.17, 15) is 32.8 Å². The molecule has 0 aliphatic heterocycles. The summed E-state index contributed by atoms with van der Waals surface area (Å²) in [5.74, 6) is 1.23. The first-order valence-corrected chi connectivity index (χ1v) is 13.6. The van der Waals surface area contributed by atoms with Crippen LogP contribution in [0.4, 0.5) is 0 Å². The molecule has 0 unspecified atom stereocenters. The molecular formula is C25H32BN3O8S. The van der Waals surface area contributed by atoms with Gasteiger partial charge in [0.15, 0.2) is 0 Å². The molecule has 1 aromatic carbocycles. The van der Waals surface area contributed by atoms with Gasteiger partial charge in [0.25, 0.3) is 16.0 Å². The number of hydrogen-bond acceptors (Lipinski definition) is 8. The Kier molecular flexibility index (Phi) is 12.7. The largest absolute Gasteiger partial charge is 0.484 e. The highest BCUT2D eigenvalue weighted by Crippen LogP contribution is 2.17. The highest BCUT2D eigenvalue weighted by atomic mass is 32.2. The van der Waals surface area contributed by atoms with E-state index in [0.29, 0.717) is 43.3 Å². The van der Waals surface area contributed by atoms with Gasteiger partial charge >= 0.3 is 7.12 Å². The van der Waals surface area contributed by atoms with Crippen molar-refractivity contribution in [3.8, 4) is 12.3 Å². The molecule has 2 rings (SSSR count). The lowest BCUT2D eigenvalue weighted by atomic mass is 9.74. The van der Waals surface area contributed by atoms with Gasteiger partial charge in [0.1, 0.15) is 0 Å². The second-order valence-electron chi connectivity index (χ2n) is 8.41. The van der Waals surface area contributed by atoms with Gasteiger partial charge in [0.2, 0.25) is 11.8 Å². The molecule has 0 aromatic heterocycles. The molecule has 1 aliphatic carbocycles. The smallest absolute Gasteiger partial charge is 0.423 e. The molecule has 3 amide bonds. The Bertz CT molecular complexity index is 1210. The van der Waals surface area contributed by atoms with Crippen molar-refractivity contribution in [2.45, 2.75) is 49.8 Å². The molecule has 204 valence electrons. The zero-order valence-corrected chi connectivity index (χ0v) is 21.8. The molecule has 0 radical (unpaired) electrons. The fraction of sp³-hybridized carbons (Fsp3) is 0.400. The van der Waals surface area contributed by atoms with E-state index in [2.05, 4.69) is 21.9 Å². The molecule has 0 heterocycles. The van der Waals surface area contributed by atoms with Crippen LogP contribution in [0.25, 0.3) is 0 Å². The first-order chi connectivity index (χ1) is 18.1. The maximum absolute atomic E-state index is 12.4. The Morgan fingerprint density at radius 2 is 1.82 bits per heavy atom. The van der Waals surface area contributed by atoms with Crippen LogP contribution in [0.5, 0.6) is 0 Å². The second kappa shape index (κ2) is 15.7. The summed E-state index contributed by atoms with van der Waals surface area (Å²) < 4.78 is 29.5. The summed E-state index contributed by atoms with van der Waals surface area (Å²) in [5, 5.41) is 26.4. The number of terminal acetylenes is 1. The summed E-state index contributed by atoms with van der Waals surface area (Å²) in [6.07, 6.45) is 10.6. The highest BCUT2D eigenvalue weighted by Gasteiger charge is 2.19. The fourth-order valence-electron chi connectivity index (χ4n) is 3.38. The van der Waals surface area contributed by atoms with Crippen LogP contribution in [-0.2, 0) is 23.9 Å². The van der Waals surface area contributed by atoms with Gasteiger partial charge in [0, 0.05) is 43.6 Å². The number of amides is 3. The lowest BCUT2D eigenvalue weighted by molar-refractivity contribution is -0.126. The lowest BCUT2D eigenvalue weighted by Gasteiger charge is -2.14. The zero-order valence-electron chi connectivity index (χ0n) is 20.9. The van der Waals surface area contributed by atoms with E-state index < -0.39 is 23.1 Å². The van der Waals surface area contributed by atoms with Gasteiger partial charge in [-0.05, 0) is 55.4 Å². The molecule has 5 N–H and O–H groups in total. The third-order valence-electron chi connectivity index (χ3n) is 5.38. The van der Waals surface area contributed by atoms with Gasteiger partial charge in [-0.25, -0.2) is 0 Å². The van der Waals surface area contributed by atoms with Crippen LogP contribution in [-0.4, -0.2) is 63.0 Å². The van der Waals surface area contributed by atoms with Crippen molar-refractivity contribution in [1.29, 1.82) is 0 Å². The summed E-state index contributed by atoms with van der Waals surface area (Å²) in [7, 11) is -5.58. The van der Waals surface area contributed by atoms with Crippen molar-refractivity contribution in [1.82, 2.24) is 16.0 Å². The Labute approximate surface area is 223 Å². The topological polar surface area (TPSA) is 171 Å². The molecule has 38 heavy (non-hydrogen) atoms. The summed E-state index contributed by atoms with van der Waals surface area (Å²) in [6, 6.07) is 5.48. The van der Waals surface area contributed by atoms with E-state index in [1.807, 2.05) is 0 Å². The van der Waals surface area contributed by atoms with Crippen molar-refractivity contribution in [2.75, 3.05) is 19.7 Å². The molecule has 1 aliphatic rings. The van der Waals surface area contributed by atoms with E-state index in [1.54, 1.807) is 6.08 Å². The number of nitrogens with one attached hydrogen (secondary N) is 3. The monoisotopic (exact) mass is 545 g/mol. The number of carbonyl (C=O) groups excluding carboxylic acids is 3. The maximum atomic E-state index is 12.4. The molecule has 0 saturated heterocycles. The Morgan fingerprint density at radius 1 is 1.08 bits per heavy atom. The van der Waals surface area contributed by atoms with Crippen LogP contribution < -0.4 is 16.0 Å². The number of unbranched alkanes of at least 4 members (excludes halogenated alkanes) is 1. The summed E-state index contributed by atoms with van der Waals surface area (Å²) in [6.45, 7) is 0.455. The van der Waals surface area contributed by atoms with Gasteiger partial charge in [-0.1, -0.05) is 12.1 Å². The average Bonchev–Trinajstić information content (AvgIpc) is 2.90. The molecule has 11 nitrogen and oxygen atoms in total. The van der Waals surface area contributed by atoms with Crippen LogP contribution in [0.1, 0.15) is 55.3 Å². The zero-order chi connectivity index (χ0) is 28.0. The van der Waals surface area contributed by atoms with Crippen LogP contribution in [0.15, 0.2) is 52.5 Å². The van der Waals surface area contributed by atoms with Crippen molar-refractivity contribution in [3.63, 3.8) is 0 Å². The highest BCUT2D eigenvalue weighted by molar-refractivity contribution is 7.86. The van der Waals surface area contributed by atoms with Crippen molar-refractivity contribution >= 4 is 35.0 Å². The Morgan fingerprint density at radius 3 is 2.55 bits per heavy atom. The van der Waals surface area contributed by atoms with Crippen molar-refractivity contribution < 1.29 is 37.0 Å². The Balaban J connectivity index is 1.67. The average molecular weight is 545 g/mol. The standard InChI is InChI=1S/C25H32BN3O8S/c1-2-3-4-16-37-38(35,36)22-11-5-8-19(17-22)25(32)28-15-7-14-27-23(30)12-13-24(31)29-21-10-6-9-20(18-21)26(33)34/h1,5,8,10-11,17-18,33-34H,3-4,6-7,9,12-16H2,(H,27,30)(H,28,32)(H,29,31). The number of benzene rings is 1. The Hall–Kier alpha value is -3.44. The number of carbonyl (C=O) groups is 3.